The molecular weight excluding hydrogens is 118 g/mol. The lowest BCUT2D eigenvalue weighted by Gasteiger charge is -2.06. The number of rotatable bonds is 2. The summed E-state index contributed by atoms with van der Waals surface area (Å²) in [6, 6.07) is 0.157. The van der Waals surface area contributed by atoms with Crippen LogP contribution >= 0.6 is 0 Å². The molecule has 3 nitrogen and oxygen atoms in total. The Balaban J connectivity index is 3.27. The van der Waals surface area contributed by atoms with Crippen molar-refractivity contribution in [2.75, 3.05) is 6.61 Å². The van der Waals surface area contributed by atoms with Gasteiger partial charge in [-0.15, -0.1) is 0 Å². The van der Waals surface area contributed by atoms with Crippen LogP contribution in [-0.2, 0) is 4.74 Å². The highest BCUT2D eigenvalue weighted by Gasteiger charge is 1.99. The normalized spacial score (nSPS) is 9.33. The number of alkyl carbamates (subject to hydrolysis) is 1. The molecule has 3 heteroatoms. The van der Waals surface area contributed by atoms with Crippen molar-refractivity contribution in [2.24, 2.45) is 0 Å². The summed E-state index contributed by atoms with van der Waals surface area (Å²) < 4.78 is 4.60. The lowest BCUT2D eigenvalue weighted by molar-refractivity contribution is 0.149. The lowest BCUT2D eigenvalue weighted by Crippen LogP contribution is -2.30. The fourth-order valence-electron chi connectivity index (χ4n) is 0.408. The molecule has 0 heterocycles. The first kappa shape index (κ1) is 8.27. The monoisotopic (exact) mass is 131 g/mol. The van der Waals surface area contributed by atoms with Gasteiger partial charge in [-0.2, -0.15) is 0 Å². The van der Waals surface area contributed by atoms with Crippen LogP contribution in [0.25, 0.3) is 0 Å². The maximum atomic E-state index is 10.5. The van der Waals surface area contributed by atoms with Crippen molar-refractivity contribution in [1.29, 1.82) is 0 Å². The highest BCUT2D eigenvalue weighted by molar-refractivity contribution is 5.67. The number of nitrogens with one attached hydrogen (secondary N) is 1. The molecule has 0 fully saturated rings. The van der Waals surface area contributed by atoms with E-state index in [0.717, 1.165) is 0 Å². The SMILES string of the molecule is CCOC(=O)NC(C)C. The molecule has 0 atom stereocenters. The van der Waals surface area contributed by atoms with E-state index in [1.54, 1.807) is 6.92 Å². The Morgan fingerprint density at radius 3 is 2.56 bits per heavy atom. The number of hydrogen-bond donors (Lipinski definition) is 1. The maximum absolute atomic E-state index is 10.5. The molecule has 9 heavy (non-hydrogen) atoms. The molecular formula is C6H13NO2. The minimum Gasteiger partial charge on any atom is -0.450 e. The first-order chi connectivity index (χ1) is 4.16. The molecule has 0 radical (unpaired) electrons. The predicted molar refractivity (Wildman–Crippen MR) is 35.3 cm³/mol. The van der Waals surface area contributed by atoms with Crippen LogP contribution in [0.15, 0.2) is 0 Å². The first-order valence-corrected chi connectivity index (χ1v) is 3.10. The second-order valence-electron chi connectivity index (χ2n) is 2.02. The molecule has 1 N–H and O–H groups in total. The fraction of sp³-hybridized carbons (Fsp3) is 0.833. The molecule has 0 aromatic carbocycles. The number of carbonyl (C=O) groups is 1. The summed E-state index contributed by atoms with van der Waals surface area (Å²) in [5.74, 6) is 0. The average Bonchev–Trinajstić information content (AvgIpc) is 1.63. The molecule has 0 aromatic heterocycles. The number of amides is 1. The van der Waals surface area contributed by atoms with Gasteiger partial charge in [-0.1, -0.05) is 0 Å². The second kappa shape index (κ2) is 4.18. The molecule has 0 aliphatic heterocycles. The molecule has 1 amide bonds. The van der Waals surface area contributed by atoms with Gasteiger partial charge in [-0.05, 0) is 20.8 Å². The molecule has 54 valence electrons. The van der Waals surface area contributed by atoms with Gasteiger partial charge in [0.2, 0.25) is 0 Å². The first-order valence-electron chi connectivity index (χ1n) is 3.10. The number of ether oxygens (including phenoxy) is 1. The highest BCUT2D eigenvalue weighted by Crippen LogP contribution is 1.80. The molecule has 0 rings (SSSR count). The van der Waals surface area contributed by atoms with Crippen LogP contribution in [0, 0.1) is 0 Å². The van der Waals surface area contributed by atoms with E-state index in [0.29, 0.717) is 6.61 Å². The van der Waals surface area contributed by atoms with Crippen LogP contribution in [0.4, 0.5) is 4.79 Å². The quantitative estimate of drug-likeness (QED) is 0.610. The smallest absolute Gasteiger partial charge is 0.407 e. The van der Waals surface area contributed by atoms with Crippen LogP contribution in [0.1, 0.15) is 20.8 Å². The molecule has 0 spiro atoms. The third-order valence-electron chi connectivity index (χ3n) is 0.682. The molecule has 0 saturated carbocycles. The lowest BCUT2D eigenvalue weighted by atomic mass is 10.4. The van der Waals surface area contributed by atoms with E-state index < -0.39 is 0 Å². The van der Waals surface area contributed by atoms with E-state index in [2.05, 4.69) is 10.1 Å². The summed E-state index contributed by atoms with van der Waals surface area (Å²) in [7, 11) is 0. The van der Waals surface area contributed by atoms with Crippen LogP contribution < -0.4 is 5.32 Å². The predicted octanol–water partition coefficient (Wildman–Crippen LogP) is 1.14. The minimum absolute atomic E-state index is 0.157. The van der Waals surface area contributed by atoms with Crippen LogP contribution in [-0.4, -0.2) is 18.7 Å². The Bertz CT molecular complexity index is 91.1. The molecule has 0 aromatic rings. The van der Waals surface area contributed by atoms with Crippen molar-refractivity contribution >= 4 is 6.09 Å². The van der Waals surface area contributed by atoms with E-state index in [9.17, 15) is 4.79 Å². The topological polar surface area (TPSA) is 38.3 Å². The zero-order valence-electron chi connectivity index (χ0n) is 6.10. The third-order valence-corrected chi connectivity index (χ3v) is 0.682. The zero-order valence-corrected chi connectivity index (χ0v) is 6.10. The summed E-state index contributed by atoms with van der Waals surface area (Å²) in [5.41, 5.74) is 0. The molecule has 0 aliphatic carbocycles. The van der Waals surface area contributed by atoms with Crippen molar-refractivity contribution in [3.8, 4) is 0 Å². The number of hydrogen-bond acceptors (Lipinski definition) is 2. The standard InChI is InChI=1S/C6H13NO2/c1-4-9-6(8)7-5(2)3/h5H,4H2,1-3H3,(H,7,8). The van der Waals surface area contributed by atoms with E-state index >= 15 is 0 Å². The maximum Gasteiger partial charge on any atom is 0.407 e. The van der Waals surface area contributed by atoms with E-state index in [1.165, 1.54) is 0 Å². The molecule has 0 aliphatic rings. The summed E-state index contributed by atoms with van der Waals surface area (Å²) in [6.45, 7) is 5.98. The molecule has 0 bridgehead atoms. The Hall–Kier alpha value is -0.730. The Morgan fingerprint density at radius 2 is 2.22 bits per heavy atom. The largest absolute Gasteiger partial charge is 0.450 e. The van der Waals surface area contributed by atoms with Crippen molar-refractivity contribution in [1.82, 2.24) is 5.32 Å². The van der Waals surface area contributed by atoms with Gasteiger partial charge < -0.3 is 10.1 Å². The van der Waals surface area contributed by atoms with Crippen molar-refractivity contribution in [3.63, 3.8) is 0 Å². The molecule has 0 saturated heterocycles. The van der Waals surface area contributed by atoms with Gasteiger partial charge in [0.1, 0.15) is 0 Å². The van der Waals surface area contributed by atoms with Gasteiger partial charge in [-0.3, -0.25) is 0 Å². The minimum atomic E-state index is -0.340. The second-order valence-corrected chi connectivity index (χ2v) is 2.02. The van der Waals surface area contributed by atoms with Gasteiger partial charge in [0.25, 0.3) is 0 Å². The third kappa shape index (κ3) is 5.14. The van der Waals surface area contributed by atoms with Crippen LogP contribution in [0.3, 0.4) is 0 Å². The summed E-state index contributed by atoms with van der Waals surface area (Å²) in [4.78, 5) is 10.5. The van der Waals surface area contributed by atoms with E-state index in [1.807, 2.05) is 13.8 Å². The van der Waals surface area contributed by atoms with E-state index in [4.69, 9.17) is 0 Å². The van der Waals surface area contributed by atoms with Gasteiger partial charge in [0.05, 0.1) is 6.61 Å². The molecule has 0 unspecified atom stereocenters. The summed E-state index contributed by atoms with van der Waals surface area (Å²) in [6.07, 6.45) is -0.340. The van der Waals surface area contributed by atoms with Gasteiger partial charge >= 0.3 is 6.09 Å². The Kier molecular flexibility index (Phi) is 3.84. The summed E-state index contributed by atoms with van der Waals surface area (Å²) >= 11 is 0. The van der Waals surface area contributed by atoms with Crippen molar-refractivity contribution in [3.05, 3.63) is 0 Å². The highest BCUT2D eigenvalue weighted by atomic mass is 16.5. The summed E-state index contributed by atoms with van der Waals surface area (Å²) in [5, 5.41) is 2.58. The van der Waals surface area contributed by atoms with E-state index in [-0.39, 0.29) is 12.1 Å². The average molecular weight is 131 g/mol. The van der Waals surface area contributed by atoms with Crippen LogP contribution in [0.2, 0.25) is 0 Å². The Morgan fingerprint density at radius 1 is 1.67 bits per heavy atom. The number of carbonyl (C=O) groups excluding carboxylic acids is 1. The van der Waals surface area contributed by atoms with Gasteiger partial charge in [0, 0.05) is 6.04 Å². The van der Waals surface area contributed by atoms with Crippen molar-refractivity contribution < 1.29 is 9.53 Å². The fourth-order valence-corrected chi connectivity index (χ4v) is 0.408. The van der Waals surface area contributed by atoms with Crippen LogP contribution in [0.5, 0.6) is 0 Å². The van der Waals surface area contributed by atoms with Crippen molar-refractivity contribution in [2.45, 2.75) is 26.8 Å². The van der Waals surface area contributed by atoms with Gasteiger partial charge in [-0.25, -0.2) is 4.79 Å². The Labute approximate surface area is 55.4 Å². The van der Waals surface area contributed by atoms with Gasteiger partial charge in [0.15, 0.2) is 0 Å². The zero-order chi connectivity index (χ0) is 7.28.